The summed E-state index contributed by atoms with van der Waals surface area (Å²) in [6.07, 6.45) is 7.19. The number of carbonyl (C=O) groups is 2. The van der Waals surface area contributed by atoms with E-state index in [2.05, 4.69) is 42.6 Å². The predicted octanol–water partition coefficient (Wildman–Crippen LogP) is 1.82. The fraction of sp³-hybridized carbons (Fsp3) is 0.524. The standard InChI is InChI=1S/C21H27N3O2/c1-16-7-5-6-12-21(16)19(25)24(20(26)22-21)15-23-13-10-18(11-14-23)17-8-3-2-4-9-17/h2-4,8-10,16H,5-7,11-15H2,1H3,(H,22,26)/p+1/t16-,21+/m0/s1. The van der Waals surface area contributed by atoms with E-state index in [-0.39, 0.29) is 17.9 Å². The Kier molecular flexibility index (Phi) is 4.57. The molecule has 1 spiro atoms. The number of hydrogen-bond donors (Lipinski definition) is 2. The van der Waals surface area contributed by atoms with Gasteiger partial charge in [-0.15, -0.1) is 0 Å². The SMILES string of the molecule is C[C@H]1CCCC[C@@]12NC(=O)N(C[NH+]1CC=C(c3ccccc3)CC1)C2=O. The first-order chi connectivity index (χ1) is 12.6. The minimum Gasteiger partial charge on any atom is -0.323 e. The van der Waals surface area contributed by atoms with Crippen molar-refractivity contribution < 1.29 is 14.5 Å². The Labute approximate surface area is 155 Å². The lowest BCUT2D eigenvalue weighted by atomic mass is 9.73. The third-order valence-electron chi connectivity index (χ3n) is 6.41. The molecular formula is C21H28N3O2+. The van der Waals surface area contributed by atoms with Crippen molar-refractivity contribution in [3.8, 4) is 0 Å². The molecule has 1 aromatic carbocycles. The molecule has 1 saturated carbocycles. The molecule has 1 unspecified atom stereocenters. The highest BCUT2D eigenvalue weighted by Crippen LogP contribution is 2.37. The van der Waals surface area contributed by atoms with E-state index in [0.717, 1.165) is 45.2 Å². The van der Waals surface area contributed by atoms with Crippen molar-refractivity contribution in [2.75, 3.05) is 19.8 Å². The Balaban J connectivity index is 1.43. The summed E-state index contributed by atoms with van der Waals surface area (Å²) in [6, 6.07) is 10.2. The Morgan fingerprint density at radius 2 is 2.04 bits per heavy atom. The van der Waals surface area contributed by atoms with Crippen LogP contribution in [0.5, 0.6) is 0 Å². The fourth-order valence-corrected chi connectivity index (χ4v) is 4.70. The number of urea groups is 1. The molecule has 2 fully saturated rings. The average molecular weight is 354 g/mol. The van der Waals surface area contributed by atoms with Gasteiger partial charge in [0, 0.05) is 6.42 Å². The van der Waals surface area contributed by atoms with Crippen LogP contribution in [0, 0.1) is 5.92 Å². The molecule has 0 bridgehead atoms. The van der Waals surface area contributed by atoms with Gasteiger partial charge in [0.1, 0.15) is 5.54 Å². The molecule has 0 aromatic heterocycles. The number of rotatable bonds is 3. The molecule has 26 heavy (non-hydrogen) atoms. The van der Waals surface area contributed by atoms with Crippen LogP contribution in [0.1, 0.15) is 44.6 Å². The highest BCUT2D eigenvalue weighted by molar-refractivity contribution is 6.07. The van der Waals surface area contributed by atoms with Crippen molar-refractivity contribution in [2.24, 2.45) is 5.92 Å². The first-order valence-corrected chi connectivity index (χ1v) is 9.82. The molecule has 1 saturated heterocycles. The van der Waals surface area contributed by atoms with Gasteiger partial charge in [0.2, 0.25) is 0 Å². The summed E-state index contributed by atoms with van der Waals surface area (Å²) in [5.41, 5.74) is 2.00. The van der Waals surface area contributed by atoms with E-state index >= 15 is 0 Å². The number of imide groups is 1. The van der Waals surface area contributed by atoms with Crippen molar-refractivity contribution in [1.82, 2.24) is 10.2 Å². The van der Waals surface area contributed by atoms with Gasteiger partial charge in [-0.25, -0.2) is 9.69 Å². The zero-order valence-electron chi connectivity index (χ0n) is 15.5. The number of nitrogens with one attached hydrogen (secondary N) is 2. The largest absolute Gasteiger partial charge is 0.329 e. The quantitative estimate of drug-likeness (QED) is 0.814. The van der Waals surface area contributed by atoms with Gasteiger partial charge in [-0.3, -0.25) is 4.79 Å². The van der Waals surface area contributed by atoms with E-state index in [0.29, 0.717) is 6.67 Å². The van der Waals surface area contributed by atoms with Gasteiger partial charge in [-0.1, -0.05) is 50.1 Å². The Morgan fingerprint density at radius 1 is 1.23 bits per heavy atom. The van der Waals surface area contributed by atoms with Crippen LogP contribution in [0.2, 0.25) is 0 Å². The summed E-state index contributed by atoms with van der Waals surface area (Å²) >= 11 is 0. The summed E-state index contributed by atoms with van der Waals surface area (Å²) < 4.78 is 0. The molecule has 138 valence electrons. The maximum Gasteiger partial charge on any atom is 0.329 e. The van der Waals surface area contributed by atoms with E-state index in [9.17, 15) is 9.59 Å². The summed E-state index contributed by atoms with van der Waals surface area (Å²) in [4.78, 5) is 28.3. The van der Waals surface area contributed by atoms with Gasteiger partial charge < -0.3 is 10.2 Å². The predicted molar refractivity (Wildman–Crippen MR) is 100 cm³/mol. The Bertz CT molecular complexity index is 730. The third kappa shape index (κ3) is 2.94. The van der Waals surface area contributed by atoms with E-state index in [1.165, 1.54) is 20.9 Å². The zero-order chi connectivity index (χ0) is 18.1. The smallest absolute Gasteiger partial charge is 0.323 e. The van der Waals surface area contributed by atoms with Gasteiger partial charge >= 0.3 is 6.03 Å². The van der Waals surface area contributed by atoms with E-state index < -0.39 is 5.54 Å². The van der Waals surface area contributed by atoms with E-state index in [4.69, 9.17) is 0 Å². The summed E-state index contributed by atoms with van der Waals surface area (Å²) in [5, 5.41) is 3.05. The van der Waals surface area contributed by atoms with Crippen LogP contribution in [0.25, 0.3) is 5.57 Å². The van der Waals surface area contributed by atoms with E-state index in [1.54, 1.807) is 0 Å². The van der Waals surface area contributed by atoms with Gasteiger partial charge in [0.15, 0.2) is 6.67 Å². The average Bonchev–Trinajstić information content (AvgIpc) is 2.90. The molecule has 5 heteroatoms. The summed E-state index contributed by atoms with van der Waals surface area (Å²) in [6.45, 7) is 4.37. The van der Waals surface area contributed by atoms with Gasteiger partial charge in [0.25, 0.3) is 5.91 Å². The lowest BCUT2D eigenvalue weighted by Crippen LogP contribution is -3.14. The van der Waals surface area contributed by atoms with Crippen molar-refractivity contribution >= 4 is 17.5 Å². The molecule has 2 aliphatic heterocycles. The highest BCUT2D eigenvalue weighted by Gasteiger charge is 2.55. The maximum absolute atomic E-state index is 13.1. The zero-order valence-corrected chi connectivity index (χ0v) is 15.5. The molecule has 5 nitrogen and oxygen atoms in total. The molecule has 3 amide bonds. The summed E-state index contributed by atoms with van der Waals surface area (Å²) in [7, 11) is 0. The van der Waals surface area contributed by atoms with Crippen LogP contribution in [0.15, 0.2) is 36.4 Å². The molecule has 2 heterocycles. The molecule has 3 aliphatic rings. The lowest BCUT2D eigenvalue weighted by Gasteiger charge is -2.37. The minimum absolute atomic E-state index is 0.0000332. The monoisotopic (exact) mass is 354 g/mol. The summed E-state index contributed by atoms with van der Waals surface area (Å²) in [5.74, 6) is 0.221. The highest BCUT2D eigenvalue weighted by atomic mass is 16.2. The van der Waals surface area contributed by atoms with Crippen molar-refractivity contribution in [3.05, 3.63) is 42.0 Å². The van der Waals surface area contributed by atoms with Crippen molar-refractivity contribution in [1.29, 1.82) is 0 Å². The normalized spacial score (nSPS) is 31.9. The number of amides is 3. The molecular weight excluding hydrogens is 326 g/mol. The molecule has 0 radical (unpaired) electrons. The van der Waals surface area contributed by atoms with Crippen LogP contribution < -0.4 is 10.2 Å². The Hall–Kier alpha value is -2.14. The lowest BCUT2D eigenvalue weighted by molar-refractivity contribution is -0.902. The molecule has 1 aromatic rings. The minimum atomic E-state index is -0.643. The molecule has 3 atom stereocenters. The number of benzene rings is 1. The van der Waals surface area contributed by atoms with E-state index in [1.807, 2.05) is 6.07 Å². The Morgan fingerprint density at radius 3 is 2.73 bits per heavy atom. The van der Waals surface area contributed by atoms with Crippen LogP contribution >= 0.6 is 0 Å². The maximum atomic E-state index is 13.1. The van der Waals surface area contributed by atoms with Crippen molar-refractivity contribution in [2.45, 2.75) is 44.6 Å². The molecule has 4 rings (SSSR count). The fourth-order valence-electron chi connectivity index (χ4n) is 4.70. The second kappa shape index (κ2) is 6.88. The van der Waals surface area contributed by atoms with Crippen molar-refractivity contribution in [3.63, 3.8) is 0 Å². The third-order valence-corrected chi connectivity index (χ3v) is 6.41. The topological polar surface area (TPSA) is 53.9 Å². The van der Waals surface area contributed by atoms with Crippen LogP contribution in [-0.4, -0.2) is 42.1 Å². The van der Waals surface area contributed by atoms with Crippen LogP contribution in [0.4, 0.5) is 4.79 Å². The first kappa shape index (κ1) is 17.3. The number of nitrogens with zero attached hydrogens (tertiary/aromatic N) is 1. The van der Waals surface area contributed by atoms with Gasteiger partial charge in [-0.2, -0.15) is 0 Å². The van der Waals surface area contributed by atoms with Gasteiger partial charge in [-0.05, 0) is 36.0 Å². The van der Waals surface area contributed by atoms with Crippen LogP contribution in [0.3, 0.4) is 0 Å². The number of carbonyl (C=O) groups excluding carboxylic acids is 2. The molecule has 1 aliphatic carbocycles. The molecule has 2 N–H and O–H groups in total. The second-order valence-corrected chi connectivity index (χ2v) is 7.99. The van der Waals surface area contributed by atoms with Gasteiger partial charge in [0.05, 0.1) is 13.1 Å². The van der Waals surface area contributed by atoms with Crippen LogP contribution in [-0.2, 0) is 4.79 Å². The second-order valence-electron chi connectivity index (χ2n) is 7.99. The first-order valence-electron chi connectivity index (χ1n) is 9.82. The number of hydrogen-bond acceptors (Lipinski definition) is 2. The number of quaternary nitrogens is 1.